The van der Waals surface area contributed by atoms with Gasteiger partial charge in [0.05, 0.1) is 18.4 Å². The van der Waals surface area contributed by atoms with E-state index in [2.05, 4.69) is 49.2 Å². The zero-order chi connectivity index (χ0) is 46.2. The zero-order valence-electron chi connectivity index (χ0n) is 37.5. The number of ether oxygens (including phenoxy) is 4. The molecule has 4 amide bonds. The number of rotatable bonds is 14. The summed E-state index contributed by atoms with van der Waals surface area (Å²) < 4.78 is 24.8. The summed E-state index contributed by atoms with van der Waals surface area (Å²) in [5.74, 6) is -1.17. The number of hydrogen-bond donors (Lipinski definition) is 2. The molecule has 4 aliphatic heterocycles. The van der Waals surface area contributed by atoms with E-state index in [1.807, 2.05) is 36.4 Å². The minimum Gasteiger partial charge on any atom is -0.492 e. The van der Waals surface area contributed by atoms with Crippen molar-refractivity contribution in [2.75, 3.05) is 127 Å². The Labute approximate surface area is 394 Å². The predicted octanol–water partition coefficient (Wildman–Crippen LogP) is 4.76. The number of esters is 2. The number of benzene rings is 4. The number of urea groups is 2. The van der Waals surface area contributed by atoms with Gasteiger partial charge in [-0.05, 0) is 60.3 Å². The number of nitrogens with two attached hydrogens (primary N) is 1. The van der Waals surface area contributed by atoms with E-state index in [-0.39, 0.29) is 13.1 Å². The maximum Gasteiger partial charge on any atom is 0.423 e. The van der Waals surface area contributed by atoms with Crippen molar-refractivity contribution in [2.45, 2.75) is 10.1 Å². The van der Waals surface area contributed by atoms with Crippen molar-refractivity contribution in [3.63, 3.8) is 0 Å². The van der Waals surface area contributed by atoms with Crippen LogP contribution < -0.4 is 30.3 Å². The first kappa shape index (κ1) is 46.9. The van der Waals surface area contributed by atoms with Crippen molar-refractivity contribution < 1.29 is 42.6 Å². The molecule has 3 atom stereocenters. The van der Waals surface area contributed by atoms with Crippen LogP contribution in [0.2, 0.25) is 0 Å². The Kier molecular flexibility index (Phi) is 14.8. The average Bonchev–Trinajstić information content (AvgIpc) is 3.94. The number of carbonyl (C=O) groups excluding carboxylic acids is 4. The predicted molar refractivity (Wildman–Crippen MR) is 256 cm³/mol. The molecule has 66 heavy (non-hydrogen) atoms. The summed E-state index contributed by atoms with van der Waals surface area (Å²) in [5.41, 5.74) is 9.28. The van der Waals surface area contributed by atoms with Crippen LogP contribution in [-0.4, -0.2) is 161 Å². The Bertz CT molecular complexity index is 2320. The molecule has 0 bridgehead atoms. The molecule has 18 heteroatoms. The van der Waals surface area contributed by atoms with E-state index >= 15 is 0 Å². The van der Waals surface area contributed by atoms with Gasteiger partial charge in [-0.25, -0.2) is 19.2 Å². The SMILES string of the molecule is CNC(=O)N1CCSC1(OC(=O)C(=O)OC1(c2ccccc2OCCN2CCN(c3ccccc3)CC2)SCC[N+]1(C)C(N)=O)c1ccccc1OCCN1CCN(c2ccccc2)CC1. The molecule has 0 spiro atoms. The molecule has 4 aromatic rings. The van der Waals surface area contributed by atoms with Gasteiger partial charge in [0, 0.05) is 96.2 Å². The smallest absolute Gasteiger partial charge is 0.423 e. The van der Waals surface area contributed by atoms with Crippen LogP contribution in [0.25, 0.3) is 0 Å². The second-order valence-electron chi connectivity index (χ2n) is 16.6. The molecule has 3 N–H and O–H groups in total. The first-order valence-corrected chi connectivity index (χ1v) is 24.4. The molecule has 16 nitrogen and oxygen atoms in total. The molecule has 0 saturated carbocycles. The van der Waals surface area contributed by atoms with Crippen molar-refractivity contribution >= 4 is 58.9 Å². The van der Waals surface area contributed by atoms with Crippen LogP contribution in [0.4, 0.5) is 21.0 Å². The van der Waals surface area contributed by atoms with Crippen molar-refractivity contribution in [1.29, 1.82) is 0 Å². The lowest BCUT2D eigenvalue weighted by Gasteiger charge is -2.41. The van der Waals surface area contributed by atoms with Crippen molar-refractivity contribution in [3.05, 3.63) is 120 Å². The third-order valence-electron chi connectivity index (χ3n) is 12.8. The van der Waals surface area contributed by atoms with E-state index in [4.69, 9.17) is 24.7 Å². The third kappa shape index (κ3) is 9.74. The Hall–Kier alpha value is -5.66. The number of hydrogen-bond acceptors (Lipinski definition) is 14. The van der Waals surface area contributed by atoms with Gasteiger partial charge < -0.3 is 39.8 Å². The molecule has 3 unspecified atom stereocenters. The van der Waals surface area contributed by atoms with Crippen molar-refractivity contribution in [3.8, 4) is 11.5 Å². The minimum absolute atomic E-state index is 0.205. The van der Waals surface area contributed by atoms with Gasteiger partial charge >= 0.3 is 29.1 Å². The summed E-state index contributed by atoms with van der Waals surface area (Å²) in [6.07, 6.45) is 0. The maximum atomic E-state index is 14.4. The van der Waals surface area contributed by atoms with Gasteiger partial charge in [-0.1, -0.05) is 72.4 Å². The molecular weight excluding hydrogens is 881 g/mol. The molecular formula is C48H59N8O8S2+. The fraction of sp³-hybridized carbons (Fsp3) is 0.417. The number of carbonyl (C=O) groups is 4. The van der Waals surface area contributed by atoms with Crippen molar-refractivity contribution in [1.82, 2.24) is 20.0 Å². The fourth-order valence-electron chi connectivity index (χ4n) is 9.02. The van der Waals surface area contributed by atoms with Crippen molar-refractivity contribution in [2.24, 2.45) is 5.73 Å². The third-order valence-corrected chi connectivity index (χ3v) is 15.6. The number of thioether (sulfide) groups is 2. The Balaban J connectivity index is 0.981. The second kappa shape index (κ2) is 20.9. The highest BCUT2D eigenvalue weighted by atomic mass is 32.2. The summed E-state index contributed by atoms with van der Waals surface area (Å²) in [7, 11) is 3.07. The van der Waals surface area contributed by atoms with E-state index in [0.717, 1.165) is 52.4 Å². The summed E-state index contributed by atoms with van der Waals surface area (Å²) in [6.45, 7) is 9.33. The summed E-state index contributed by atoms with van der Waals surface area (Å²) in [4.78, 5) is 66.6. The molecule has 8 rings (SSSR count). The van der Waals surface area contributed by atoms with E-state index < -0.39 is 38.6 Å². The fourth-order valence-corrected chi connectivity index (χ4v) is 12.0. The number of piperazine rings is 2. The zero-order valence-corrected chi connectivity index (χ0v) is 39.2. The van der Waals surface area contributed by atoms with Crippen LogP contribution in [0.5, 0.6) is 11.5 Å². The Morgan fingerprint density at radius 1 is 0.621 bits per heavy atom. The van der Waals surface area contributed by atoms with E-state index in [9.17, 15) is 19.2 Å². The van der Waals surface area contributed by atoms with E-state index in [1.54, 1.807) is 55.6 Å². The standard InChI is InChI=1S/C48H58N8O8S2/c1-50-46(60)55-31-35-65-47(55,39-17-9-11-19-41(39)61-33-29-51-21-25-53(26-22-51)37-13-5-3-6-14-37)63-43(57)44(58)64-48(56(2,45(49)59)32-36-66-48)40-18-10-12-20-42(40)62-34-30-52-23-27-54(28-24-52)38-15-7-4-8-16-38/h3-20H,21-36H2,1-2H3,(H2-,49,50,59,60)/p+1. The number of para-hydroxylation sites is 4. The maximum absolute atomic E-state index is 14.4. The molecule has 0 aromatic heterocycles. The first-order valence-electron chi connectivity index (χ1n) is 22.5. The number of primary amides is 1. The largest absolute Gasteiger partial charge is 0.492 e. The highest BCUT2D eigenvalue weighted by molar-refractivity contribution is 8.00. The van der Waals surface area contributed by atoms with Crippen LogP contribution in [0.15, 0.2) is 109 Å². The van der Waals surface area contributed by atoms with Crippen LogP contribution in [0, 0.1) is 0 Å². The molecule has 4 saturated heterocycles. The van der Waals surface area contributed by atoms with Gasteiger partial charge in [0.2, 0.25) is 0 Å². The highest BCUT2D eigenvalue weighted by Crippen LogP contribution is 2.54. The van der Waals surface area contributed by atoms with E-state index in [0.29, 0.717) is 60.4 Å². The highest BCUT2D eigenvalue weighted by Gasteiger charge is 2.64. The first-order chi connectivity index (χ1) is 32.1. The second-order valence-corrected chi connectivity index (χ2v) is 19.1. The molecule has 4 fully saturated rings. The number of nitrogens with one attached hydrogen (secondary N) is 1. The van der Waals surface area contributed by atoms with Gasteiger partial charge in [-0.3, -0.25) is 14.7 Å². The summed E-state index contributed by atoms with van der Waals surface area (Å²) in [6, 6.07) is 33.5. The lowest BCUT2D eigenvalue weighted by molar-refractivity contribution is -0.890. The Morgan fingerprint density at radius 3 is 1.64 bits per heavy atom. The van der Waals surface area contributed by atoms with Crippen LogP contribution in [-0.2, 0) is 29.2 Å². The van der Waals surface area contributed by atoms with Gasteiger partial charge in [0.1, 0.15) is 36.8 Å². The molecule has 0 aliphatic carbocycles. The molecule has 4 aromatic carbocycles. The van der Waals surface area contributed by atoms with Crippen LogP contribution in [0.1, 0.15) is 11.1 Å². The lowest BCUT2D eigenvalue weighted by Crippen LogP contribution is -2.63. The number of quaternary nitrogens is 1. The van der Waals surface area contributed by atoms with E-state index in [1.165, 1.54) is 46.8 Å². The minimum atomic E-state index is -1.82. The topological polar surface area (TPSA) is 159 Å². The molecule has 350 valence electrons. The number of anilines is 2. The van der Waals surface area contributed by atoms with Crippen LogP contribution in [0.3, 0.4) is 0 Å². The molecule has 4 aliphatic rings. The Morgan fingerprint density at radius 2 is 1.11 bits per heavy atom. The molecule has 4 heterocycles. The average molecular weight is 940 g/mol. The van der Waals surface area contributed by atoms with Gasteiger partial charge in [0.25, 0.3) is 5.06 Å². The quantitative estimate of drug-likeness (QED) is 0.101. The van der Waals surface area contributed by atoms with Gasteiger partial charge in [-0.2, -0.15) is 4.48 Å². The normalized spacial score (nSPS) is 23.6. The lowest BCUT2D eigenvalue weighted by atomic mass is 10.1. The number of amides is 4. The van der Waals surface area contributed by atoms with Gasteiger partial charge in [0.15, 0.2) is 0 Å². The van der Waals surface area contributed by atoms with Crippen LogP contribution >= 0.6 is 23.5 Å². The summed E-state index contributed by atoms with van der Waals surface area (Å²) >= 11 is 2.37. The number of nitrogens with zero attached hydrogens (tertiary/aromatic N) is 6. The van der Waals surface area contributed by atoms with Gasteiger partial charge in [-0.15, -0.1) is 0 Å². The summed E-state index contributed by atoms with van der Waals surface area (Å²) in [5, 5.41) is -0.966. The monoisotopic (exact) mass is 939 g/mol. The molecule has 0 radical (unpaired) electrons.